The van der Waals surface area contributed by atoms with Crippen LogP contribution in [0.25, 0.3) is 0 Å². The van der Waals surface area contributed by atoms with E-state index in [1.54, 1.807) is 6.07 Å². The minimum absolute atomic E-state index is 0.460. The number of aliphatic carboxylic acids is 1. The lowest BCUT2D eigenvalue weighted by molar-refractivity contribution is -0.142. The van der Waals surface area contributed by atoms with Gasteiger partial charge in [0.05, 0.1) is 5.69 Å². The number of azo groups is 1. The molecule has 1 atom stereocenters. The monoisotopic (exact) mass is 274 g/mol. The number of carboxylic acid groups (broad SMARTS) is 1. The smallest absolute Gasteiger partial charge is 0.320 e. The number of carboxylic acids is 1. The van der Waals surface area contributed by atoms with Gasteiger partial charge in [-0.1, -0.05) is 6.07 Å². The molecule has 3 rings (SSSR count). The molecular formula is C13H14N4O3. The highest BCUT2D eigenvalue weighted by Gasteiger charge is 2.36. The van der Waals surface area contributed by atoms with Gasteiger partial charge < -0.3 is 15.3 Å². The predicted octanol–water partition coefficient (Wildman–Crippen LogP) is 0.888. The summed E-state index contributed by atoms with van der Waals surface area (Å²) in [6, 6.07) is 5.34. The van der Waals surface area contributed by atoms with E-state index >= 15 is 0 Å². The fourth-order valence-electron chi connectivity index (χ4n) is 2.62. The summed E-state index contributed by atoms with van der Waals surface area (Å²) in [4.78, 5) is 25.3. The zero-order chi connectivity index (χ0) is 14.1. The van der Waals surface area contributed by atoms with E-state index in [4.69, 9.17) is 0 Å². The van der Waals surface area contributed by atoms with Crippen LogP contribution in [-0.4, -0.2) is 43.2 Å². The number of hydrogen-bond acceptors (Lipinski definition) is 5. The number of piperazine rings is 1. The summed E-state index contributed by atoms with van der Waals surface area (Å²) >= 11 is 0. The van der Waals surface area contributed by atoms with Gasteiger partial charge in [0.25, 0.3) is 5.91 Å². The number of anilines is 1. The molecule has 7 heteroatoms. The van der Waals surface area contributed by atoms with Crippen LogP contribution >= 0.6 is 0 Å². The van der Waals surface area contributed by atoms with Crippen LogP contribution in [0.15, 0.2) is 28.4 Å². The van der Waals surface area contributed by atoms with E-state index in [-0.39, 0.29) is 0 Å². The number of nitrogens with one attached hydrogen (secondary N) is 1. The summed E-state index contributed by atoms with van der Waals surface area (Å²) in [7, 11) is 0. The van der Waals surface area contributed by atoms with Crippen molar-refractivity contribution in [1.29, 1.82) is 0 Å². The van der Waals surface area contributed by atoms with E-state index in [1.807, 2.05) is 12.1 Å². The maximum Gasteiger partial charge on any atom is 0.320 e. The Morgan fingerprint density at radius 1 is 1.30 bits per heavy atom. The first-order chi connectivity index (χ1) is 9.68. The summed E-state index contributed by atoms with van der Waals surface area (Å²) < 4.78 is 0. The summed E-state index contributed by atoms with van der Waals surface area (Å²) in [5.74, 6) is -3.15. The van der Waals surface area contributed by atoms with Gasteiger partial charge in [0.2, 0.25) is 0 Å². The number of carbonyl (C=O) groups excluding carboxylic acids is 1. The Labute approximate surface area is 115 Å². The number of carbonyl (C=O) groups is 2. The number of rotatable bonds is 2. The van der Waals surface area contributed by atoms with Crippen LogP contribution in [0.4, 0.5) is 11.4 Å². The van der Waals surface area contributed by atoms with Gasteiger partial charge in [-0.2, -0.15) is 0 Å². The molecule has 1 unspecified atom stereocenters. The molecule has 0 aliphatic carbocycles. The van der Waals surface area contributed by atoms with Crippen LogP contribution in [0, 0.1) is 0 Å². The third-order valence-electron chi connectivity index (χ3n) is 3.56. The fourth-order valence-corrected chi connectivity index (χ4v) is 2.62. The number of hydrogen-bond donors (Lipinski definition) is 2. The van der Waals surface area contributed by atoms with E-state index in [0.29, 0.717) is 11.3 Å². The summed E-state index contributed by atoms with van der Waals surface area (Å²) in [5.41, 5.74) is 1.69. The van der Waals surface area contributed by atoms with Crippen molar-refractivity contribution in [3.05, 3.63) is 23.8 Å². The number of amides is 1. The second kappa shape index (κ2) is 5.01. The molecule has 0 bridgehead atoms. The predicted molar refractivity (Wildman–Crippen MR) is 71.4 cm³/mol. The largest absolute Gasteiger partial charge is 0.480 e. The van der Waals surface area contributed by atoms with Crippen LogP contribution in [0.1, 0.15) is 11.5 Å². The standard InChI is InChI=1S/C13H14N4O3/c18-12-11(13(19)20)10-8(15-16-12)2-1-3-9(10)17-6-4-14-5-7-17/h1-3,11,14H,4-7H2,(H,19,20). The third-order valence-corrected chi connectivity index (χ3v) is 3.56. The van der Waals surface area contributed by atoms with Crippen molar-refractivity contribution in [2.45, 2.75) is 5.92 Å². The quantitative estimate of drug-likeness (QED) is 0.781. The molecule has 104 valence electrons. The highest BCUT2D eigenvalue weighted by atomic mass is 16.4. The SMILES string of the molecule is O=C(O)C1C(=O)N=Nc2cccc(N3CCNCC3)c21. The third kappa shape index (κ3) is 2.05. The molecule has 0 aromatic heterocycles. The van der Waals surface area contributed by atoms with Crippen molar-refractivity contribution in [2.75, 3.05) is 31.1 Å². The summed E-state index contributed by atoms with van der Waals surface area (Å²) in [5, 5.41) is 19.8. The first-order valence-corrected chi connectivity index (χ1v) is 6.45. The van der Waals surface area contributed by atoms with Crippen molar-refractivity contribution in [2.24, 2.45) is 10.2 Å². The zero-order valence-electron chi connectivity index (χ0n) is 10.7. The van der Waals surface area contributed by atoms with Gasteiger partial charge in [0.15, 0.2) is 5.92 Å². The Morgan fingerprint density at radius 3 is 2.75 bits per heavy atom. The van der Waals surface area contributed by atoms with Gasteiger partial charge in [-0.25, -0.2) is 0 Å². The van der Waals surface area contributed by atoms with Crippen molar-refractivity contribution >= 4 is 23.3 Å². The molecule has 20 heavy (non-hydrogen) atoms. The molecule has 1 amide bonds. The topological polar surface area (TPSA) is 94.4 Å². The molecule has 7 nitrogen and oxygen atoms in total. The van der Waals surface area contributed by atoms with E-state index in [0.717, 1.165) is 31.9 Å². The lowest BCUT2D eigenvalue weighted by Crippen LogP contribution is -2.44. The lowest BCUT2D eigenvalue weighted by Gasteiger charge is -2.32. The maximum absolute atomic E-state index is 11.8. The van der Waals surface area contributed by atoms with Crippen LogP contribution in [0.3, 0.4) is 0 Å². The molecule has 0 spiro atoms. The molecule has 1 aromatic rings. The van der Waals surface area contributed by atoms with Crippen LogP contribution in [0.2, 0.25) is 0 Å². The Bertz CT molecular complexity index is 593. The maximum atomic E-state index is 11.8. The Morgan fingerprint density at radius 2 is 2.05 bits per heavy atom. The second-order valence-corrected chi connectivity index (χ2v) is 4.76. The Kier molecular flexibility index (Phi) is 3.19. The number of fused-ring (bicyclic) bond motifs is 1. The lowest BCUT2D eigenvalue weighted by atomic mass is 9.93. The van der Waals surface area contributed by atoms with Crippen LogP contribution < -0.4 is 10.2 Å². The van der Waals surface area contributed by atoms with Gasteiger partial charge in [0, 0.05) is 37.4 Å². The normalized spacial score (nSPS) is 21.7. The van der Waals surface area contributed by atoms with Gasteiger partial charge in [-0.15, -0.1) is 10.2 Å². The molecular weight excluding hydrogens is 260 g/mol. The average molecular weight is 274 g/mol. The molecule has 2 N–H and O–H groups in total. The Balaban J connectivity index is 2.11. The van der Waals surface area contributed by atoms with E-state index in [9.17, 15) is 14.7 Å². The first kappa shape index (κ1) is 12.7. The highest BCUT2D eigenvalue weighted by molar-refractivity contribution is 6.06. The van der Waals surface area contributed by atoms with Crippen molar-refractivity contribution in [3.8, 4) is 0 Å². The van der Waals surface area contributed by atoms with Gasteiger partial charge in [0.1, 0.15) is 0 Å². The average Bonchev–Trinajstić information content (AvgIpc) is 2.47. The number of benzene rings is 1. The molecule has 1 saturated heterocycles. The fraction of sp³-hybridized carbons (Fsp3) is 0.385. The second-order valence-electron chi connectivity index (χ2n) is 4.76. The van der Waals surface area contributed by atoms with Crippen molar-refractivity contribution in [3.63, 3.8) is 0 Å². The highest BCUT2D eigenvalue weighted by Crippen LogP contribution is 2.40. The Hall–Kier alpha value is -2.28. The van der Waals surface area contributed by atoms with E-state index in [1.165, 1.54) is 0 Å². The zero-order valence-corrected chi connectivity index (χ0v) is 10.7. The minimum atomic E-state index is -1.26. The van der Waals surface area contributed by atoms with Crippen LogP contribution in [0.5, 0.6) is 0 Å². The first-order valence-electron chi connectivity index (χ1n) is 6.45. The number of nitrogens with zero attached hydrogens (tertiary/aromatic N) is 3. The van der Waals surface area contributed by atoms with Gasteiger partial charge in [-0.05, 0) is 12.1 Å². The van der Waals surface area contributed by atoms with Crippen LogP contribution in [-0.2, 0) is 9.59 Å². The minimum Gasteiger partial charge on any atom is -0.480 e. The van der Waals surface area contributed by atoms with Gasteiger partial charge in [-0.3, -0.25) is 9.59 Å². The molecule has 2 aliphatic heterocycles. The van der Waals surface area contributed by atoms with E-state index < -0.39 is 17.8 Å². The van der Waals surface area contributed by atoms with Crippen molar-refractivity contribution < 1.29 is 14.7 Å². The molecule has 0 saturated carbocycles. The molecule has 0 radical (unpaired) electrons. The summed E-state index contributed by atoms with van der Waals surface area (Å²) in [6.45, 7) is 3.20. The molecule has 2 heterocycles. The van der Waals surface area contributed by atoms with Crippen molar-refractivity contribution in [1.82, 2.24) is 5.32 Å². The van der Waals surface area contributed by atoms with E-state index in [2.05, 4.69) is 20.4 Å². The molecule has 1 aromatic carbocycles. The molecule has 1 fully saturated rings. The molecule has 2 aliphatic rings. The summed E-state index contributed by atoms with van der Waals surface area (Å²) in [6.07, 6.45) is 0. The van der Waals surface area contributed by atoms with Gasteiger partial charge >= 0.3 is 5.97 Å².